The summed E-state index contributed by atoms with van der Waals surface area (Å²) in [6.07, 6.45) is 5.59. The molecule has 0 spiro atoms. The lowest BCUT2D eigenvalue weighted by atomic mass is 9.95. The molecule has 0 saturated carbocycles. The average molecular weight is 559 g/mol. The number of nitrogens with zero attached hydrogens (tertiary/aromatic N) is 4. The molecule has 1 saturated heterocycles. The Labute approximate surface area is 240 Å². The van der Waals surface area contributed by atoms with Crippen molar-refractivity contribution in [2.45, 2.75) is 52.1 Å². The van der Waals surface area contributed by atoms with Gasteiger partial charge in [0.2, 0.25) is 16.2 Å². The van der Waals surface area contributed by atoms with Gasteiger partial charge in [0.15, 0.2) is 0 Å². The van der Waals surface area contributed by atoms with Crippen molar-refractivity contribution >= 4 is 28.1 Å². The predicted octanol–water partition coefficient (Wildman–Crippen LogP) is 5.69. The van der Waals surface area contributed by atoms with Crippen molar-refractivity contribution in [1.82, 2.24) is 20.1 Å². The molecule has 0 radical (unpaired) electrons. The minimum Gasteiger partial charge on any atom is -0.494 e. The van der Waals surface area contributed by atoms with E-state index in [9.17, 15) is 4.79 Å². The molecule has 3 heterocycles. The number of anilines is 2. The van der Waals surface area contributed by atoms with Crippen LogP contribution in [-0.2, 0) is 17.8 Å². The van der Waals surface area contributed by atoms with Crippen LogP contribution in [0.1, 0.15) is 44.4 Å². The van der Waals surface area contributed by atoms with Crippen LogP contribution >= 0.6 is 11.3 Å². The number of nitrogens with one attached hydrogen (secondary N) is 2. The molecular weight excluding hydrogens is 520 g/mol. The van der Waals surface area contributed by atoms with Gasteiger partial charge in [-0.3, -0.25) is 9.36 Å². The number of piperidine rings is 1. The number of hydrogen-bond donors (Lipinski definition) is 2. The normalized spacial score (nSPS) is 14.6. The largest absolute Gasteiger partial charge is 0.494 e. The molecular formula is C31H38N6O2S. The van der Waals surface area contributed by atoms with E-state index in [0.29, 0.717) is 13.2 Å². The topological polar surface area (TPSA) is 84.3 Å². The van der Waals surface area contributed by atoms with Crippen molar-refractivity contribution in [1.29, 1.82) is 0 Å². The number of carbonyl (C=O) groups excluding carboxylic acids is 1. The molecule has 1 fully saturated rings. The van der Waals surface area contributed by atoms with Crippen LogP contribution in [-0.4, -0.2) is 46.4 Å². The fraction of sp³-hybridized carbons (Fsp3) is 0.387. The lowest BCUT2D eigenvalue weighted by molar-refractivity contribution is -0.126. The molecule has 1 aliphatic rings. The highest BCUT2D eigenvalue weighted by molar-refractivity contribution is 7.17. The molecule has 2 aromatic heterocycles. The van der Waals surface area contributed by atoms with Crippen LogP contribution in [0.15, 0.2) is 72.9 Å². The molecule has 8 nitrogen and oxygen atoms in total. The number of ether oxygens (including phenoxy) is 1. The van der Waals surface area contributed by atoms with Crippen LogP contribution in [0.2, 0.25) is 0 Å². The van der Waals surface area contributed by atoms with Crippen molar-refractivity contribution < 1.29 is 9.53 Å². The summed E-state index contributed by atoms with van der Waals surface area (Å²) in [4.78, 5) is 15.2. The van der Waals surface area contributed by atoms with Crippen molar-refractivity contribution in [3.63, 3.8) is 0 Å². The van der Waals surface area contributed by atoms with Crippen LogP contribution in [0.5, 0.6) is 5.75 Å². The second-order valence-corrected chi connectivity index (χ2v) is 11.2. The van der Waals surface area contributed by atoms with Gasteiger partial charge in [-0.25, -0.2) is 0 Å². The van der Waals surface area contributed by atoms with E-state index in [1.807, 2.05) is 49.5 Å². The minimum absolute atomic E-state index is 0.0487. The molecule has 1 amide bonds. The summed E-state index contributed by atoms with van der Waals surface area (Å²) in [5.74, 6) is 1.10. The summed E-state index contributed by atoms with van der Waals surface area (Å²) in [5, 5.41) is 17.4. The summed E-state index contributed by atoms with van der Waals surface area (Å²) in [7, 11) is 0. The molecule has 1 aliphatic heterocycles. The van der Waals surface area contributed by atoms with E-state index in [4.69, 9.17) is 4.74 Å². The molecule has 210 valence electrons. The van der Waals surface area contributed by atoms with Gasteiger partial charge in [-0.15, -0.1) is 10.2 Å². The molecule has 0 bridgehead atoms. The number of aromatic nitrogens is 3. The maximum atomic E-state index is 12.9. The van der Waals surface area contributed by atoms with Crippen LogP contribution in [0, 0.1) is 5.92 Å². The van der Waals surface area contributed by atoms with Crippen molar-refractivity contribution in [2.75, 3.05) is 29.9 Å². The van der Waals surface area contributed by atoms with E-state index >= 15 is 0 Å². The van der Waals surface area contributed by atoms with Crippen molar-refractivity contribution in [3.8, 4) is 10.9 Å². The van der Waals surface area contributed by atoms with Crippen LogP contribution in [0.3, 0.4) is 0 Å². The standard InChI is InChI=1S/C31H38N6O2S/c1-3-39-28-15-13-26(14-16-28)32-22-27-10-7-19-37(27)31-35-34-30(40-31)36-20-17-25(18-21-36)29(38)33-23(2)11-12-24-8-5-4-6-9-24/h4-10,13-16,19,23,25,32H,3,11-12,17-18,20-22H2,1-2H3,(H,33,38)/t23-/m1/s1. The van der Waals surface area contributed by atoms with Crippen molar-refractivity contribution in [2.24, 2.45) is 5.92 Å². The van der Waals surface area contributed by atoms with Gasteiger partial charge < -0.3 is 20.3 Å². The zero-order valence-electron chi connectivity index (χ0n) is 23.3. The van der Waals surface area contributed by atoms with Crippen molar-refractivity contribution in [3.05, 3.63) is 84.2 Å². The Morgan fingerprint density at radius 3 is 2.52 bits per heavy atom. The monoisotopic (exact) mass is 558 g/mol. The Morgan fingerprint density at radius 1 is 1.02 bits per heavy atom. The SMILES string of the molecule is CCOc1ccc(NCc2cccn2-c2nnc(N3CCC(C(=O)N[C@H](C)CCc4ccccc4)CC3)s2)cc1. The third-order valence-electron chi connectivity index (χ3n) is 7.32. The Bertz CT molecular complexity index is 1350. The molecule has 0 aliphatic carbocycles. The van der Waals surface area contributed by atoms with E-state index in [1.54, 1.807) is 11.3 Å². The first-order valence-electron chi connectivity index (χ1n) is 14.1. The third-order valence-corrected chi connectivity index (χ3v) is 8.30. The van der Waals surface area contributed by atoms with E-state index in [0.717, 1.165) is 66.2 Å². The van der Waals surface area contributed by atoms with Gasteiger partial charge in [0.1, 0.15) is 5.75 Å². The smallest absolute Gasteiger partial charge is 0.223 e. The van der Waals surface area contributed by atoms with Gasteiger partial charge in [0.25, 0.3) is 0 Å². The van der Waals surface area contributed by atoms with Gasteiger partial charge in [0.05, 0.1) is 13.2 Å². The van der Waals surface area contributed by atoms with Crippen LogP contribution in [0.4, 0.5) is 10.8 Å². The second-order valence-electron chi connectivity index (χ2n) is 10.2. The fourth-order valence-corrected chi connectivity index (χ4v) is 5.92. The van der Waals surface area contributed by atoms with E-state index in [-0.39, 0.29) is 17.9 Å². The molecule has 0 unspecified atom stereocenters. The first kappa shape index (κ1) is 27.7. The zero-order valence-corrected chi connectivity index (χ0v) is 24.1. The fourth-order valence-electron chi connectivity index (χ4n) is 5.00. The maximum Gasteiger partial charge on any atom is 0.223 e. The summed E-state index contributed by atoms with van der Waals surface area (Å²) in [5.41, 5.74) is 3.45. The molecule has 5 rings (SSSR count). The molecule has 9 heteroatoms. The highest BCUT2D eigenvalue weighted by Crippen LogP contribution is 2.29. The Balaban J connectivity index is 1.10. The summed E-state index contributed by atoms with van der Waals surface area (Å²) in [6, 6.07) is 22.7. The number of carbonyl (C=O) groups is 1. The van der Waals surface area contributed by atoms with Gasteiger partial charge in [-0.1, -0.05) is 41.7 Å². The van der Waals surface area contributed by atoms with Gasteiger partial charge in [0, 0.05) is 42.6 Å². The Hall–Kier alpha value is -3.85. The first-order chi connectivity index (χ1) is 19.6. The highest BCUT2D eigenvalue weighted by atomic mass is 32.1. The Morgan fingerprint density at radius 2 is 1.77 bits per heavy atom. The quantitative estimate of drug-likeness (QED) is 0.232. The van der Waals surface area contributed by atoms with E-state index < -0.39 is 0 Å². The summed E-state index contributed by atoms with van der Waals surface area (Å²) in [6.45, 7) is 7.02. The number of hydrogen-bond acceptors (Lipinski definition) is 7. The number of rotatable bonds is 12. The number of amides is 1. The molecule has 2 aromatic carbocycles. The third kappa shape index (κ3) is 7.21. The van der Waals surface area contributed by atoms with Gasteiger partial charge in [-0.05, 0) is 81.5 Å². The Kier molecular flexibility index (Phi) is 9.34. The average Bonchev–Trinajstić information content (AvgIpc) is 3.66. The highest BCUT2D eigenvalue weighted by Gasteiger charge is 2.27. The predicted molar refractivity (Wildman–Crippen MR) is 161 cm³/mol. The van der Waals surface area contributed by atoms with Crippen LogP contribution < -0.4 is 20.3 Å². The minimum atomic E-state index is 0.0487. The summed E-state index contributed by atoms with van der Waals surface area (Å²) >= 11 is 1.59. The maximum absolute atomic E-state index is 12.9. The van der Waals surface area contributed by atoms with E-state index in [2.05, 4.69) is 67.6 Å². The molecule has 4 aromatic rings. The molecule has 2 N–H and O–H groups in total. The van der Waals surface area contributed by atoms with E-state index in [1.165, 1.54) is 5.56 Å². The number of benzene rings is 2. The van der Waals surface area contributed by atoms with Gasteiger partial charge in [-0.2, -0.15) is 0 Å². The lowest BCUT2D eigenvalue weighted by Crippen LogP contribution is -2.43. The first-order valence-corrected chi connectivity index (χ1v) is 15.0. The number of aryl methyl sites for hydroxylation is 1. The van der Waals surface area contributed by atoms with Gasteiger partial charge >= 0.3 is 0 Å². The lowest BCUT2D eigenvalue weighted by Gasteiger charge is -2.31. The zero-order chi connectivity index (χ0) is 27.7. The van der Waals surface area contributed by atoms with Crippen LogP contribution in [0.25, 0.3) is 5.13 Å². The second kappa shape index (κ2) is 13.5. The summed E-state index contributed by atoms with van der Waals surface area (Å²) < 4.78 is 7.61. The molecule has 40 heavy (non-hydrogen) atoms. The molecule has 1 atom stereocenters.